The first-order valence-electron chi connectivity index (χ1n) is 8.07. The van der Waals surface area contributed by atoms with Crippen molar-refractivity contribution in [3.05, 3.63) is 63.1 Å². The lowest BCUT2D eigenvalue weighted by Crippen LogP contribution is -2.31. The van der Waals surface area contributed by atoms with Crippen molar-refractivity contribution < 1.29 is 17.5 Å². The van der Waals surface area contributed by atoms with Crippen LogP contribution in [0.4, 0.5) is 15.9 Å². The van der Waals surface area contributed by atoms with Crippen LogP contribution < -0.4 is 14.4 Å². The Labute approximate surface area is 175 Å². The zero-order valence-electron chi connectivity index (χ0n) is 15.0. The molecule has 3 rings (SSSR count). The van der Waals surface area contributed by atoms with Gasteiger partial charge >= 0.3 is 0 Å². The van der Waals surface area contributed by atoms with Gasteiger partial charge in [0, 0.05) is 16.9 Å². The van der Waals surface area contributed by atoms with Crippen LogP contribution in [0.1, 0.15) is 5.56 Å². The molecular formula is C18H17BrFN3O3S2. The van der Waals surface area contributed by atoms with Gasteiger partial charge in [0.15, 0.2) is 5.82 Å². The third kappa shape index (κ3) is 4.13. The molecule has 1 heterocycles. The minimum absolute atomic E-state index is 0.000892. The predicted octanol–water partition coefficient (Wildman–Crippen LogP) is 4.49. The highest BCUT2D eigenvalue weighted by Crippen LogP contribution is 2.32. The van der Waals surface area contributed by atoms with Crippen molar-refractivity contribution in [3.8, 4) is 5.75 Å². The minimum atomic E-state index is -4.20. The van der Waals surface area contributed by atoms with Crippen molar-refractivity contribution in [2.24, 2.45) is 0 Å². The zero-order chi connectivity index (χ0) is 20.3. The van der Waals surface area contributed by atoms with E-state index in [2.05, 4.69) is 26.2 Å². The number of sulfonamides is 1. The molecule has 0 saturated heterocycles. The number of aromatic nitrogens is 1. The lowest BCUT2D eigenvalue weighted by atomic mass is 10.2. The van der Waals surface area contributed by atoms with Crippen LogP contribution in [0.25, 0.3) is 0 Å². The summed E-state index contributed by atoms with van der Waals surface area (Å²) >= 11 is 4.53. The Hall–Kier alpha value is -2.17. The third-order valence-electron chi connectivity index (χ3n) is 4.02. The number of hydrogen-bond acceptors (Lipinski definition) is 6. The van der Waals surface area contributed by atoms with E-state index in [1.807, 2.05) is 0 Å². The fourth-order valence-corrected chi connectivity index (χ4v) is 5.33. The Balaban J connectivity index is 2.06. The van der Waals surface area contributed by atoms with Gasteiger partial charge < -0.3 is 10.1 Å². The molecule has 1 N–H and O–H groups in total. The lowest BCUT2D eigenvalue weighted by molar-refractivity contribution is 0.414. The summed E-state index contributed by atoms with van der Waals surface area (Å²) in [4.78, 5) is 3.69. The summed E-state index contributed by atoms with van der Waals surface area (Å²) in [5.41, 5.74) is 2.69. The van der Waals surface area contributed by atoms with Crippen molar-refractivity contribution in [2.75, 3.05) is 23.8 Å². The van der Waals surface area contributed by atoms with E-state index in [0.29, 0.717) is 21.5 Å². The molecule has 0 unspecified atom stereocenters. The Bertz CT molecular complexity index is 1060. The van der Waals surface area contributed by atoms with Gasteiger partial charge in [0.05, 0.1) is 24.9 Å². The molecule has 0 fully saturated rings. The maximum atomic E-state index is 14.7. The monoisotopic (exact) mass is 485 g/mol. The van der Waals surface area contributed by atoms with Crippen LogP contribution in [0.3, 0.4) is 0 Å². The average Bonchev–Trinajstić information content (AvgIpc) is 3.22. The largest absolute Gasteiger partial charge is 0.497 e. The predicted molar refractivity (Wildman–Crippen MR) is 112 cm³/mol. The molecule has 0 aliphatic heterocycles. The van der Waals surface area contributed by atoms with E-state index >= 15 is 0 Å². The SMILES string of the molecule is CNc1cc(F)c(S(=O)(=O)N(Cc2ccc(OC)cc2)c2cscn2)cc1Br. The third-order valence-corrected chi connectivity index (χ3v) is 7.01. The van der Waals surface area contributed by atoms with Gasteiger partial charge in [-0.2, -0.15) is 0 Å². The van der Waals surface area contributed by atoms with Gasteiger partial charge in [-0.15, -0.1) is 11.3 Å². The van der Waals surface area contributed by atoms with Crippen molar-refractivity contribution >= 4 is 48.8 Å². The topological polar surface area (TPSA) is 71.5 Å². The van der Waals surface area contributed by atoms with Crippen LogP contribution in [-0.2, 0) is 16.6 Å². The fraction of sp³-hybridized carbons (Fsp3) is 0.167. The molecule has 28 heavy (non-hydrogen) atoms. The molecule has 148 valence electrons. The second-order valence-corrected chi connectivity index (χ2v) is 9.12. The first-order chi connectivity index (χ1) is 13.4. The van der Waals surface area contributed by atoms with Crippen LogP contribution in [0, 0.1) is 5.82 Å². The van der Waals surface area contributed by atoms with Gasteiger partial charge in [0.1, 0.15) is 16.5 Å². The highest BCUT2D eigenvalue weighted by atomic mass is 79.9. The molecule has 0 radical (unpaired) electrons. The van der Waals surface area contributed by atoms with Crippen LogP contribution in [0.5, 0.6) is 5.75 Å². The molecule has 0 bridgehead atoms. The first kappa shape index (κ1) is 20.6. The lowest BCUT2D eigenvalue weighted by Gasteiger charge is -2.23. The van der Waals surface area contributed by atoms with E-state index in [1.54, 1.807) is 43.8 Å². The van der Waals surface area contributed by atoms with E-state index in [1.165, 1.54) is 22.9 Å². The summed E-state index contributed by atoms with van der Waals surface area (Å²) in [6.07, 6.45) is 0. The van der Waals surface area contributed by atoms with Crippen LogP contribution in [-0.4, -0.2) is 27.6 Å². The molecule has 10 heteroatoms. The quantitative estimate of drug-likeness (QED) is 0.533. The molecule has 2 aromatic carbocycles. The van der Waals surface area contributed by atoms with E-state index in [4.69, 9.17) is 4.74 Å². The van der Waals surface area contributed by atoms with Gasteiger partial charge in [-0.05, 0) is 45.8 Å². The van der Waals surface area contributed by atoms with Gasteiger partial charge in [0.2, 0.25) is 0 Å². The van der Waals surface area contributed by atoms with E-state index in [9.17, 15) is 12.8 Å². The second-order valence-electron chi connectivity index (χ2n) is 5.72. The van der Waals surface area contributed by atoms with Crippen molar-refractivity contribution in [2.45, 2.75) is 11.4 Å². The number of benzene rings is 2. The Morgan fingerprint density at radius 3 is 2.57 bits per heavy atom. The first-order valence-corrected chi connectivity index (χ1v) is 11.2. The standard InChI is InChI=1S/C18H17BrFN3O3S2/c1-21-16-8-15(20)17(7-14(16)19)28(24,25)23(18-10-27-11-22-18)9-12-3-5-13(26-2)6-4-12/h3-8,10-11,21H,9H2,1-2H3. The summed E-state index contributed by atoms with van der Waals surface area (Å²) in [6.45, 7) is 0.000892. The van der Waals surface area contributed by atoms with Gasteiger partial charge in [-0.3, -0.25) is 0 Å². The summed E-state index contributed by atoms with van der Waals surface area (Å²) in [5.74, 6) is 0.0426. The fourth-order valence-electron chi connectivity index (χ4n) is 2.55. The number of thiazole rings is 1. The van der Waals surface area contributed by atoms with Gasteiger partial charge in [0.25, 0.3) is 10.0 Å². The molecule has 1 aromatic heterocycles. The molecule has 0 aliphatic rings. The maximum Gasteiger partial charge on any atom is 0.268 e. The normalized spacial score (nSPS) is 11.3. The van der Waals surface area contributed by atoms with Gasteiger partial charge in [-0.25, -0.2) is 22.1 Å². The number of nitrogens with zero attached hydrogens (tertiary/aromatic N) is 2. The smallest absolute Gasteiger partial charge is 0.268 e. The Morgan fingerprint density at radius 1 is 1.29 bits per heavy atom. The molecule has 3 aromatic rings. The van der Waals surface area contributed by atoms with E-state index in [0.717, 1.165) is 10.4 Å². The maximum absolute atomic E-state index is 14.7. The van der Waals surface area contributed by atoms with Crippen molar-refractivity contribution in [1.29, 1.82) is 0 Å². The number of ether oxygens (including phenoxy) is 1. The molecule has 0 aliphatic carbocycles. The summed E-state index contributed by atoms with van der Waals surface area (Å²) in [6, 6.07) is 9.38. The molecule has 0 atom stereocenters. The highest BCUT2D eigenvalue weighted by molar-refractivity contribution is 9.10. The summed E-state index contributed by atoms with van der Waals surface area (Å²) in [7, 11) is -1.03. The number of methoxy groups -OCH3 is 1. The Morgan fingerprint density at radius 2 is 2.00 bits per heavy atom. The second kappa shape index (κ2) is 8.46. The summed E-state index contributed by atoms with van der Waals surface area (Å²) in [5, 5.41) is 4.41. The minimum Gasteiger partial charge on any atom is -0.497 e. The molecule has 0 spiro atoms. The van der Waals surface area contributed by atoms with E-state index in [-0.39, 0.29) is 12.4 Å². The van der Waals surface area contributed by atoms with Crippen molar-refractivity contribution in [1.82, 2.24) is 4.98 Å². The summed E-state index contributed by atoms with van der Waals surface area (Å²) < 4.78 is 47.9. The van der Waals surface area contributed by atoms with E-state index < -0.39 is 20.7 Å². The molecule has 6 nitrogen and oxygen atoms in total. The van der Waals surface area contributed by atoms with Crippen molar-refractivity contribution in [3.63, 3.8) is 0 Å². The number of hydrogen-bond donors (Lipinski definition) is 1. The molecule has 0 saturated carbocycles. The van der Waals surface area contributed by atoms with Crippen LogP contribution in [0.15, 0.2) is 56.7 Å². The number of halogens is 2. The highest BCUT2D eigenvalue weighted by Gasteiger charge is 2.30. The molecular weight excluding hydrogens is 469 g/mol. The number of nitrogens with one attached hydrogen (secondary N) is 1. The zero-order valence-corrected chi connectivity index (χ0v) is 18.2. The van der Waals surface area contributed by atoms with Crippen LogP contribution in [0.2, 0.25) is 0 Å². The number of rotatable bonds is 7. The molecule has 0 amide bonds. The average molecular weight is 486 g/mol. The van der Waals surface area contributed by atoms with Gasteiger partial charge in [-0.1, -0.05) is 12.1 Å². The number of anilines is 2. The van der Waals surface area contributed by atoms with Crippen LogP contribution >= 0.6 is 27.3 Å². The Kier molecular flexibility index (Phi) is 6.21.